The standard InChI is InChI=1S/C23H28N2O4/c1-15(2)22(25-21(26)13-17-7-5-4-6-8-17)23(27)24-16(3)18-9-10-19-20(14-18)29-12-11-28-19/h4-10,14-16,22H,11-13H2,1-3H3,(H,24,27)(H,25,26)/t16-,22-/m0/s1. The third-order valence-electron chi connectivity index (χ3n) is 4.90. The van der Waals surface area contributed by atoms with E-state index in [4.69, 9.17) is 9.47 Å². The molecule has 154 valence electrons. The molecule has 2 aromatic carbocycles. The number of amides is 2. The Labute approximate surface area is 171 Å². The maximum absolute atomic E-state index is 12.9. The first-order valence-corrected chi connectivity index (χ1v) is 9.97. The Bertz CT molecular complexity index is 851. The molecule has 0 spiro atoms. The second-order valence-corrected chi connectivity index (χ2v) is 7.58. The van der Waals surface area contributed by atoms with Crippen LogP contribution >= 0.6 is 0 Å². The number of carbonyl (C=O) groups excluding carboxylic acids is 2. The van der Waals surface area contributed by atoms with Crippen LogP contribution in [0.25, 0.3) is 0 Å². The summed E-state index contributed by atoms with van der Waals surface area (Å²) in [6.07, 6.45) is 0.245. The van der Waals surface area contributed by atoms with Gasteiger partial charge in [-0.1, -0.05) is 50.2 Å². The maximum Gasteiger partial charge on any atom is 0.243 e. The third-order valence-corrected chi connectivity index (χ3v) is 4.90. The average molecular weight is 396 g/mol. The number of carbonyl (C=O) groups is 2. The lowest BCUT2D eigenvalue weighted by Gasteiger charge is -2.25. The monoisotopic (exact) mass is 396 g/mol. The zero-order valence-electron chi connectivity index (χ0n) is 17.1. The molecule has 1 aliphatic rings. The van der Waals surface area contributed by atoms with Crippen molar-refractivity contribution in [1.82, 2.24) is 10.6 Å². The molecule has 0 unspecified atom stereocenters. The predicted molar refractivity (Wildman–Crippen MR) is 111 cm³/mol. The Morgan fingerprint density at radius 1 is 0.931 bits per heavy atom. The molecule has 2 N–H and O–H groups in total. The van der Waals surface area contributed by atoms with Gasteiger partial charge in [-0.05, 0) is 36.1 Å². The fourth-order valence-corrected chi connectivity index (χ4v) is 3.26. The van der Waals surface area contributed by atoms with Gasteiger partial charge in [-0.3, -0.25) is 9.59 Å². The van der Waals surface area contributed by atoms with Crippen LogP contribution in [0, 0.1) is 5.92 Å². The fraction of sp³-hybridized carbons (Fsp3) is 0.391. The predicted octanol–water partition coefficient (Wildman–Crippen LogP) is 3.02. The zero-order valence-corrected chi connectivity index (χ0v) is 17.1. The van der Waals surface area contributed by atoms with Gasteiger partial charge in [0.15, 0.2) is 11.5 Å². The minimum atomic E-state index is -0.606. The van der Waals surface area contributed by atoms with Crippen LogP contribution in [0.2, 0.25) is 0 Å². The number of fused-ring (bicyclic) bond motifs is 1. The molecule has 0 saturated carbocycles. The second kappa shape index (κ2) is 9.45. The van der Waals surface area contributed by atoms with Gasteiger partial charge in [0.05, 0.1) is 12.5 Å². The summed E-state index contributed by atoms with van der Waals surface area (Å²) < 4.78 is 11.2. The van der Waals surface area contributed by atoms with E-state index in [9.17, 15) is 9.59 Å². The minimum absolute atomic E-state index is 0.0396. The molecule has 0 fully saturated rings. The van der Waals surface area contributed by atoms with Crippen molar-refractivity contribution in [2.45, 2.75) is 39.3 Å². The van der Waals surface area contributed by atoms with Crippen LogP contribution in [0.3, 0.4) is 0 Å². The van der Waals surface area contributed by atoms with E-state index < -0.39 is 6.04 Å². The topological polar surface area (TPSA) is 76.7 Å². The number of ether oxygens (including phenoxy) is 2. The van der Waals surface area contributed by atoms with E-state index >= 15 is 0 Å². The van der Waals surface area contributed by atoms with E-state index in [0.717, 1.165) is 11.1 Å². The number of hydrogen-bond donors (Lipinski definition) is 2. The molecule has 2 atom stereocenters. The Morgan fingerprint density at radius 2 is 1.62 bits per heavy atom. The molecule has 0 bridgehead atoms. The van der Waals surface area contributed by atoms with Crippen molar-refractivity contribution in [3.63, 3.8) is 0 Å². The largest absolute Gasteiger partial charge is 0.486 e. The smallest absolute Gasteiger partial charge is 0.243 e. The fourth-order valence-electron chi connectivity index (χ4n) is 3.26. The molecule has 3 rings (SSSR count). The lowest BCUT2D eigenvalue weighted by Crippen LogP contribution is -2.50. The first kappa shape index (κ1) is 20.7. The van der Waals surface area contributed by atoms with Crippen LogP contribution < -0.4 is 20.1 Å². The summed E-state index contributed by atoms with van der Waals surface area (Å²) in [5.74, 6) is 0.987. The number of benzene rings is 2. The maximum atomic E-state index is 12.9. The van der Waals surface area contributed by atoms with Crippen molar-refractivity contribution in [2.24, 2.45) is 5.92 Å². The van der Waals surface area contributed by atoms with Gasteiger partial charge in [-0.25, -0.2) is 0 Å². The quantitative estimate of drug-likeness (QED) is 0.754. The van der Waals surface area contributed by atoms with Gasteiger partial charge in [0, 0.05) is 0 Å². The van der Waals surface area contributed by atoms with E-state index in [2.05, 4.69) is 10.6 Å². The van der Waals surface area contributed by atoms with Gasteiger partial charge >= 0.3 is 0 Å². The number of rotatable bonds is 7. The highest BCUT2D eigenvalue weighted by Crippen LogP contribution is 2.32. The summed E-state index contributed by atoms with van der Waals surface area (Å²) in [6.45, 7) is 6.80. The van der Waals surface area contributed by atoms with Gasteiger partial charge in [0.2, 0.25) is 11.8 Å². The van der Waals surface area contributed by atoms with Crippen LogP contribution in [0.15, 0.2) is 48.5 Å². The molecule has 6 heteroatoms. The zero-order chi connectivity index (χ0) is 20.8. The van der Waals surface area contributed by atoms with Crippen LogP contribution in [0.1, 0.15) is 37.9 Å². The average Bonchev–Trinajstić information content (AvgIpc) is 2.72. The first-order valence-electron chi connectivity index (χ1n) is 9.97. The molecular weight excluding hydrogens is 368 g/mol. The van der Waals surface area contributed by atoms with E-state index in [1.165, 1.54) is 0 Å². The highest BCUT2D eigenvalue weighted by Gasteiger charge is 2.26. The molecule has 1 heterocycles. The highest BCUT2D eigenvalue weighted by molar-refractivity contribution is 5.88. The molecule has 6 nitrogen and oxygen atoms in total. The number of nitrogens with one attached hydrogen (secondary N) is 2. The molecule has 0 aliphatic carbocycles. The van der Waals surface area contributed by atoms with Crippen molar-refractivity contribution in [3.8, 4) is 11.5 Å². The first-order chi connectivity index (χ1) is 13.9. The molecule has 29 heavy (non-hydrogen) atoms. The number of hydrogen-bond acceptors (Lipinski definition) is 4. The molecule has 0 aromatic heterocycles. The molecule has 2 aromatic rings. The van der Waals surface area contributed by atoms with Gasteiger partial charge in [0.1, 0.15) is 19.3 Å². The van der Waals surface area contributed by atoms with Gasteiger partial charge in [-0.15, -0.1) is 0 Å². The molecule has 0 radical (unpaired) electrons. The van der Waals surface area contributed by atoms with Crippen molar-refractivity contribution < 1.29 is 19.1 Å². The SMILES string of the molecule is CC(C)[C@H](NC(=O)Cc1ccccc1)C(=O)N[C@@H](C)c1ccc2c(c1)OCCO2. The van der Waals surface area contributed by atoms with Crippen LogP contribution in [0.5, 0.6) is 11.5 Å². The van der Waals surface area contributed by atoms with E-state index in [1.54, 1.807) is 0 Å². The molecule has 0 saturated heterocycles. The molecular formula is C23H28N2O4. The van der Waals surface area contributed by atoms with Crippen LogP contribution in [-0.4, -0.2) is 31.1 Å². The van der Waals surface area contributed by atoms with E-state index in [0.29, 0.717) is 24.7 Å². The van der Waals surface area contributed by atoms with Crippen molar-refractivity contribution >= 4 is 11.8 Å². The van der Waals surface area contributed by atoms with Gasteiger partial charge in [0.25, 0.3) is 0 Å². The lowest BCUT2D eigenvalue weighted by molar-refractivity contribution is -0.130. The lowest BCUT2D eigenvalue weighted by atomic mass is 10.0. The van der Waals surface area contributed by atoms with E-state index in [-0.39, 0.29) is 30.2 Å². The van der Waals surface area contributed by atoms with E-state index in [1.807, 2.05) is 69.3 Å². The third kappa shape index (κ3) is 5.50. The van der Waals surface area contributed by atoms with Gasteiger partial charge < -0.3 is 20.1 Å². The summed E-state index contributed by atoms with van der Waals surface area (Å²) in [5.41, 5.74) is 1.83. The summed E-state index contributed by atoms with van der Waals surface area (Å²) >= 11 is 0. The van der Waals surface area contributed by atoms with Crippen LogP contribution in [0.4, 0.5) is 0 Å². The normalized spacial score (nSPS) is 14.8. The highest BCUT2D eigenvalue weighted by atomic mass is 16.6. The van der Waals surface area contributed by atoms with Crippen LogP contribution in [-0.2, 0) is 16.0 Å². The molecule has 1 aliphatic heterocycles. The Balaban J connectivity index is 1.62. The minimum Gasteiger partial charge on any atom is -0.486 e. The summed E-state index contributed by atoms with van der Waals surface area (Å²) in [5, 5.41) is 5.88. The van der Waals surface area contributed by atoms with Crippen molar-refractivity contribution in [1.29, 1.82) is 0 Å². The summed E-state index contributed by atoms with van der Waals surface area (Å²) in [6, 6.07) is 14.3. The molecule has 2 amide bonds. The van der Waals surface area contributed by atoms with Crippen molar-refractivity contribution in [3.05, 3.63) is 59.7 Å². The van der Waals surface area contributed by atoms with Gasteiger partial charge in [-0.2, -0.15) is 0 Å². The van der Waals surface area contributed by atoms with Crippen molar-refractivity contribution in [2.75, 3.05) is 13.2 Å². The Hall–Kier alpha value is -3.02. The Morgan fingerprint density at radius 3 is 2.31 bits per heavy atom. The Kier molecular flexibility index (Phi) is 6.75. The summed E-state index contributed by atoms with van der Waals surface area (Å²) in [4.78, 5) is 25.3. The second-order valence-electron chi connectivity index (χ2n) is 7.58. The summed E-state index contributed by atoms with van der Waals surface area (Å²) in [7, 11) is 0.